The molecule has 2 atom stereocenters. The fourth-order valence-corrected chi connectivity index (χ4v) is 2.62. The Morgan fingerprint density at radius 2 is 2.14 bits per heavy atom. The van der Waals surface area contributed by atoms with E-state index in [0.29, 0.717) is 19.1 Å². The van der Waals surface area contributed by atoms with E-state index in [9.17, 15) is 4.79 Å². The molecule has 1 saturated heterocycles. The fourth-order valence-electron chi connectivity index (χ4n) is 2.62. The average Bonchev–Trinajstić information content (AvgIpc) is 2.54. The normalized spacial score (nSPS) is 20.0. The highest BCUT2D eigenvalue weighted by atomic mass is 16.5. The van der Waals surface area contributed by atoms with E-state index in [-0.39, 0.29) is 5.91 Å². The summed E-state index contributed by atoms with van der Waals surface area (Å²) in [4.78, 5) is 11.9. The molecular formula is C17H26N2O2. The Morgan fingerprint density at radius 1 is 1.33 bits per heavy atom. The lowest BCUT2D eigenvalue weighted by Gasteiger charge is -2.22. The number of nitrogens with two attached hydrogens (primary N) is 1. The van der Waals surface area contributed by atoms with Crippen LogP contribution in [-0.2, 0) is 16.0 Å². The highest BCUT2D eigenvalue weighted by Crippen LogP contribution is 2.14. The number of hydrogen-bond acceptors (Lipinski definition) is 3. The summed E-state index contributed by atoms with van der Waals surface area (Å²) in [5.74, 6) is -0.0539. The van der Waals surface area contributed by atoms with Gasteiger partial charge in [-0.15, -0.1) is 0 Å². The Kier molecular flexibility index (Phi) is 6.70. The van der Waals surface area contributed by atoms with Gasteiger partial charge >= 0.3 is 0 Å². The highest BCUT2D eigenvalue weighted by Gasteiger charge is 2.16. The van der Waals surface area contributed by atoms with E-state index < -0.39 is 6.04 Å². The monoisotopic (exact) mass is 290 g/mol. The Labute approximate surface area is 127 Å². The predicted molar refractivity (Wildman–Crippen MR) is 84.0 cm³/mol. The largest absolute Gasteiger partial charge is 0.378 e. The molecule has 4 heteroatoms. The topological polar surface area (TPSA) is 64.4 Å². The van der Waals surface area contributed by atoms with Crippen LogP contribution in [0.3, 0.4) is 0 Å². The van der Waals surface area contributed by atoms with E-state index in [1.807, 2.05) is 18.2 Å². The number of aryl methyl sites for hydroxylation is 1. The van der Waals surface area contributed by atoms with E-state index in [0.717, 1.165) is 32.3 Å². The van der Waals surface area contributed by atoms with Gasteiger partial charge in [0.2, 0.25) is 5.91 Å². The number of hydrogen-bond donors (Lipinski definition) is 2. The maximum Gasteiger partial charge on any atom is 0.236 e. The van der Waals surface area contributed by atoms with Crippen molar-refractivity contribution in [1.82, 2.24) is 5.32 Å². The molecule has 2 rings (SSSR count). The maximum absolute atomic E-state index is 11.9. The molecule has 1 heterocycles. The lowest BCUT2D eigenvalue weighted by molar-refractivity contribution is -0.122. The zero-order valence-electron chi connectivity index (χ0n) is 12.6. The van der Waals surface area contributed by atoms with Gasteiger partial charge in [0.1, 0.15) is 0 Å². The number of ether oxygens (including phenoxy) is 1. The van der Waals surface area contributed by atoms with E-state index in [2.05, 4.69) is 17.4 Å². The molecule has 1 aromatic carbocycles. The van der Waals surface area contributed by atoms with Crippen LogP contribution in [0.2, 0.25) is 0 Å². The number of carbonyl (C=O) groups excluding carboxylic acids is 1. The van der Waals surface area contributed by atoms with Crippen molar-refractivity contribution in [2.24, 2.45) is 5.73 Å². The van der Waals surface area contributed by atoms with E-state index in [1.165, 1.54) is 12.0 Å². The smallest absolute Gasteiger partial charge is 0.236 e. The minimum atomic E-state index is -0.433. The molecular weight excluding hydrogens is 264 g/mol. The first-order chi connectivity index (χ1) is 10.3. The van der Waals surface area contributed by atoms with Crippen molar-refractivity contribution in [3.05, 3.63) is 35.9 Å². The van der Waals surface area contributed by atoms with Crippen LogP contribution in [0.5, 0.6) is 0 Å². The van der Waals surface area contributed by atoms with Crippen LogP contribution in [0.15, 0.2) is 30.3 Å². The molecule has 21 heavy (non-hydrogen) atoms. The van der Waals surface area contributed by atoms with E-state index in [4.69, 9.17) is 10.5 Å². The van der Waals surface area contributed by atoms with Gasteiger partial charge in [-0.05, 0) is 44.1 Å². The molecule has 0 radical (unpaired) electrons. The summed E-state index contributed by atoms with van der Waals surface area (Å²) < 4.78 is 5.64. The van der Waals surface area contributed by atoms with Crippen molar-refractivity contribution >= 4 is 5.91 Å². The van der Waals surface area contributed by atoms with Crippen molar-refractivity contribution in [2.45, 2.75) is 50.7 Å². The van der Waals surface area contributed by atoms with Crippen LogP contribution in [0, 0.1) is 0 Å². The zero-order chi connectivity index (χ0) is 14.9. The van der Waals surface area contributed by atoms with Crippen LogP contribution in [0.1, 0.15) is 37.7 Å². The third-order valence-corrected chi connectivity index (χ3v) is 3.96. The molecule has 0 aromatic heterocycles. The molecule has 4 nitrogen and oxygen atoms in total. The van der Waals surface area contributed by atoms with Crippen LogP contribution in [-0.4, -0.2) is 31.2 Å². The van der Waals surface area contributed by atoms with Crippen molar-refractivity contribution in [3.8, 4) is 0 Å². The van der Waals surface area contributed by atoms with E-state index in [1.54, 1.807) is 0 Å². The fraction of sp³-hybridized carbons (Fsp3) is 0.588. The summed E-state index contributed by atoms with van der Waals surface area (Å²) in [6.07, 6.45) is 6.20. The SMILES string of the molecule is NC(CCc1ccccc1)C(=O)NCCC1CCCCO1. The second-order valence-electron chi connectivity index (χ2n) is 5.70. The Bertz CT molecular complexity index is 416. The first kappa shape index (κ1) is 16.0. The number of amides is 1. The molecule has 1 amide bonds. The molecule has 1 aromatic rings. The zero-order valence-corrected chi connectivity index (χ0v) is 12.6. The summed E-state index contributed by atoms with van der Waals surface area (Å²) in [5, 5.41) is 2.92. The van der Waals surface area contributed by atoms with E-state index >= 15 is 0 Å². The Balaban J connectivity index is 1.60. The molecule has 1 fully saturated rings. The summed E-state index contributed by atoms with van der Waals surface area (Å²) in [7, 11) is 0. The van der Waals surface area contributed by atoms with Gasteiger partial charge in [0.15, 0.2) is 0 Å². The molecule has 1 aliphatic heterocycles. The summed E-state index contributed by atoms with van der Waals surface area (Å²) >= 11 is 0. The van der Waals surface area contributed by atoms with Crippen LogP contribution < -0.4 is 11.1 Å². The van der Waals surface area contributed by atoms with Crippen LogP contribution >= 0.6 is 0 Å². The second-order valence-corrected chi connectivity index (χ2v) is 5.70. The molecule has 3 N–H and O–H groups in total. The van der Waals surface area contributed by atoms with Gasteiger partial charge in [-0.3, -0.25) is 4.79 Å². The third-order valence-electron chi connectivity index (χ3n) is 3.96. The van der Waals surface area contributed by atoms with Gasteiger partial charge < -0.3 is 15.8 Å². The number of carbonyl (C=O) groups is 1. The highest BCUT2D eigenvalue weighted by molar-refractivity contribution is 5.81. The van der Waals surface area contributed by atoms with Crippen LogP contribution in [0.25, 0.3) is 0 Å². The summed E-state index contributed by atoms with van der Waals surface area (Å²) in [6, 6.07) is 9.69. The Morgan fingerprint density at radius 3 is 2.86 bits per heavy atom. The maximum atomic E-state index is 11.9. The molecule has 0 aliphatic carbocycles. The first-order valence-corrected chi connectivity index (χ1v) is 7.94. The predicted octanol–water partition coefficient (Wildman–Crippen LogP) is 2.02. The standard InChI is InChI=1S/C17H26N2O2/c18-16(10-9-14-6-2-1-3-7-14)17(20)19-12-11-15-8-4-5-13-21-15/h1-3,6-7,15-16H,4-5,8-13,18H2,(H,19,20). The average molecular weight is 290 g/mol. The van der Waals surface area contributed by atoms with Crippen molar-refractivity contribution in [3.63, 3.8) is 0 Å². The lowest BCUT2D eigenvalue weighted by atomic mass is 10.0. The quantitative estimate of drug-likeness (QED) is 0.807. The van der Waals surface area contributed by atoms with Gasteiger partial charge in [0.25, 0.3) is 0 Å². The third kappa shape index (κ3) is 5.86. The van der Waals surface area contributed by atoms with Crippen molar-refractivity contribution in [2.75, 3.05) is 13.2 Å². The summed E-state index contributed by atoms with van der Waals surface area (Å²) in [5.41, 5.74) is 7.16. The lowest BCUT2D eigenvalue weighted by Crippen LogP contribution is -2.42. The summed E-state index contributed by atoms with van der Waals surface area (Å²) in [6.45, 7) is 1.51. The molecule has 1 aliphatic rings. The van der Waals surface area contributed by atoms with Crippen molar-refractivity contribution in [1.29, 1.82) is 0 Å². The van der Waals surface area contributed by atoms with Crippen molar-refractivity contribution < 1.29 is 9.53 Å². The molecule has 116 valence electrons. The van der Waals surface area contributed by atoms with Crippen LogP contribution in [0.4, 0.5) is 0 Å². The number of benzene rings is 1. The second kappa shape index (κ2) is 8.80. The molecule has 0 bridgehead atoms. The number of rotatable bonds is 7. The minimum Gasteiger partial charge on any atom is -0.378 e. The Hall–Kier alpha value is -1.39. The minimum absolute atomic E-state index is 0.0539. The van der Waals surface area contributed by atoms with Gasteiger partial charge in [0, 0.05) is 13.2 Å². The van der Waals surface area contributed by atoms with Gasteiger partial charge in [-0.1, -0.05) is 30.3 Å². The molecule has 0 saturated carbocycles. The molecule has 2 unspecified atom stereocenters. The van der Waals surface area contributed by atoms with Gasteiger partial charge in [0.05, 0.1) is 12.1 Å². The van der Waals surface area contributed by atoms with Gasteiger partial charge in [-0.25, -0.2) is 0 Å². The van der Waals surface area contributed by atoms with Gasteiger partial charge in [-0.2, -0.15) is 0 Å². The first-order valence-electron chi connectivity index (χ1n) is 7.94. The molecule has 0 spiro atoms. The number of nitrogens with one attached hydrogen (secondary N) is 1.